The predicted molar refractivity (Wildman–Crippen MR) is 65.9 cm³/mol. The molecular formula is C10H12N2O4S2. The lowest BCUT2D eigenvalue weighted by molar-refractivity contribution is 0.0697. The summed E-state index contributed by atoms with van der Waals surface area (Å²) in [5.74, 6) is -1.15. The topological polar surface area (TPSA) is 107 Å². The van der Waals surface area contributed by atoms with Gasteiger partial charge in [0.05, 0.1) is 11.6 Å². The molecule has 0 aliphatic rings. The highest BCUT2D eigenvalue weighted by Gasteiger charge is 2.18. The van der Waals surface area contributed by atoms with Gasteiger partial charge in [-0.3, -0.25) is 0 Å². The molecule has 18 heavy (non-hydrogen) atoms. The molecular weight excluding hydrogens is 276 g/mol. The first-order valence-electron chi connectivity index (χ1n) is 5.16. The van der Waals surface area contributed by atoms with Gasteiger partial charge in [0.15, 0.2) is 0 Å². The van der Waals surface area contributed by atoms with Gasteiger partial charge in [0.2, 0.25) is 10.0 Å². The van der Waals surface area contributed by atoms with Crippen molar-refractivity contribution in [1.29, 1.82) is 5.26 Å². The summed E-state index contributed by atoms with van der Waals surface area (Å²) in [5.41, 5.74) is -0.0372. The molecule has 1 aromatic rings. The van der Waals surface area contributed by atoms with Crippen LogP contribution < -0.4 is 4.72 Å². The van der Waals surface area contributed by atoms with Crippen molar-refractivity contribution in [2.75, 3.05) is 6.54 Å². The van der Waals surface area contributed by atoms with E-state index in [1.165, 1.54) is 5.38 Å². The summed E-state index contributed by atoms with van der Waals surface area (Å²) in [6.07, 6.45) is 1.59. The molecule has 0 spiro atoms. The molecule has 0 saturated carbocycles. The van der Waals surface area contributed by atoms with Crippen LogP contribution in [0.3, 0.4) is 0 Å². The Bertz CT molecular complexity index is 557. The maximum Gasteiger partial charge on any atom is 0.336 e. The number of carbonyl (C=O) groups is 1. The summed E-state index contributed by atoms with van der Waals surface area (Å²) < 4.78 is 25.8. The minimum absolute atomic E-state index is 0.0137. The number of aromatic carboxylic acids is 1. The normalized spacial score (nSPS) is 11.1. The zero-order valence-corrected chi connectivity index (χ0v) is 11.1. The first-order chi connectivity index (χ1) is 8.47. The van der Waals surface area contributed by atoms with E-state index in [9.17, 15) is 13.2 Å². The Labute approximate surface area is 109 Å². The molecule has 1 rings (SSSR count). The predicted octanol–water partition coefficient (Wildman–Crippen LogP) is 1.42. The van der Waals surface area contributed by atoms with Crippen molar-refractivity contribution in [3.63, 3.8) is 0 Å². The maximum atomic E-state index is 11.7. The molecule has 0 aromatic carbocycles. The van der Waals surface area contributed by atoms with Gasteiger partial charge in [-0.1, -0.05) is 0 Å². The van der Waals surface area contributed by atoms with Crippen molar-refractivity contribution >= 4 is 27.3 Å². The SMILES string of the molecule is N#CCCCCNS(=O)(=O)c1cc(C(=O)O)cs1. The Hall–Kier alpha value is -1.43. The van der Waals surface area contributed by atoms with Gasteiger partial charge >= 0.3 is 5.97 Å². The Morgan fingerprint density at radius 3 is 2.78 bits per heavy atom. The zero-order valence-electron chi connectivity index (χ0n) is 9.42. The molecule has 0 bridgehead atoms. The third-order valence-electron chi connectivity index (χ3n) is 2.09. The number of hydrogen-bond donors (Lipinski definition) is 2. The molecule has 0 aliphatic heterocycles. The molecule has 98 valence electrons. The third-order valence-corrected chi connectivity index (χ3v) is 5.00. The average Bonchev–Trinajstić information content (AvgIpc) is 2.78. The number of thiophene rings is 1. The van der Waals surface area contributed by atoms with E-state index < -0.39 is 16.0 Å². The van der Waals surface area contributed by atoms with Gasteiger partial charge in [0, 0.05) is 18.3 Å². The van der Waals surface area contributed by atoms with Gasteiger partial charge in [-0.05, 0) is 18.9 Å². The third kappa shape index (κ3) is 4.10. The smallest absolute Gasteiger partial charge is 0.336 e. The number of carboxylic acid groups (broad SMARTS) is 1. The van der Waals surface area contributed by atoms with Crippen LogP contribution in [-0.2, 0) is 10.0 Å². The molecule has 0 fully saturated rings. The molecule has 0 atom stereocenters. The molecule has 0 aliphatic carbocycles. The Kier molecular flexibility index (Phi) is 5.27. The fraction of sp³-hybridized carbons (Fsp3) is 0.400. The van der Waals surface area contributed by atoms with Crippen molar-refractivity contribution in [3.05, 3.63) is 17.0 Å². The van der Waals surface area contributed by atoms with E-state index in [4.69, 9.17) is 10.4 Å². The van der Waals surface area contributed by atoms with Crippen molar-refractivity contribution in [2.45, 2.75) is 23.5 Å². The molecule has 8 heteroatoms. The number of nitrogens with zero attached hydrogens (tertiary/aromatic N) is 1. The number of hydrogen-bond acceptors (Lipinski definition) is 5. The van der Waals surface area contributed by atoms with E-state index in [2.05, 4.69) is 4.72 Å². The van der Waals surface area contributed by atoms with Gasteiger partial charge in [0.25, 0.3) is 0 Å². The molecule has 0 amide bonds. The van der Waals surface area contributed by atoms with Crippen LogP contribution in [0.5, 0.6) is 0 Å². The first kappa shape index (κ1) is 14.6. The summed E-state index contributed by atoms with van der Waals surface area (Å²) in [6, 6.07) is 3.10. The second-order valence-electron chi connectivity index (χ2n) is 3.47. The summed E-state index contributed by atoms with van der Waals surface area (Å²) in [5, 5.41) is 18.3. The van der Waals surface area contributed by atoms with Gasteiger partial charge in [0.1, 0.15) is 4.21 Å². The summed E-state index contributed by atoms with van der Waals surface area (Å²) >= 11 is 0.869. The van der Waals surface area contributed by atoms with Crippen molar-refractivity contribution in [3.8, 4) is 6.07 Å². The molecule has 1 aromatic heterocycles. The van der Waals surface area contributed by atoms with Crippen LogP contribution in [0.25, 0.3) is 0 Å². The second kappa shape index (κ2) is 6.49. The monoisotopic (exact) mass is 288 g/mol. The standard InChI is InChI=1S/C10H12N2O4S2/c11-4-2-1-3-5-12-18(15,16)9-6-8(7-17-9)10(13)14/h6-7,12H,1-3,5H2,(H,13,14). The van der Waals surface area contributed by atoms with Crippen LogP contribution in [0.4, 0.5) is 0 Å². The fourth-order valence-corrected chi connectivity index (χ4v) is 3.45. The summed E-state index contributed by atoms with van der Waals surface area (Å²) in [7, 11) is -3.64. The highest BCUT2D eigenvalue weighted by molar-refractivity contribution is 7.91. The van der Waals surface area contributed by atoms with E-state index in [0.29, 0.717) is 19.3 Å². The summed E-state index contributed by atoms with van der Waals surface area (Å²) in [6.45, 7) is 0.240. The van der Waals surface area contributed by atoms with E-state index in [-0.39, 0.29) is 16.3 Å². The quantitative estimate of drug-likeness (QED) is 0.738. The highest BCUT2D eigenvalue weighted by atomic mass is 32.2. The number of unbranched alkanes of at least 4 members (excludes halogenated alkanes) is 2. The number of nitrogens with one attached hydrogen (secondary N) is 1. The van der Waals surface area contributed by atoms with Crippen LogP contribution >= 0.6 is 11.3 Å². The molecule has 0 unspecified atom stereocenters. The van der Waals surface area contributed by atoms with E-state index in [1.807, 2.05) is 6.07 Å². The van der Waals surface area contributed by atoms with E-state index >= 15 is 0 Å². The van der Waals surface area contributed by atoms with E-state index in [0.717, 1.165) is 17.4 Å². The number of sulfonamides is 1. The first-order valence-corrected chi connectivity index (χ1v) is 7.52. The van der Waals surface area contributed by atoms with Gasteiger partial charge in [-0.15, -0.1) is 11.3 Å². The lowest BCUT2D eigenvalue weighted by Gasteiger charge is -2.03. The Morgan fingerprint density at radius 1 is 1.50 bits per heavy atom. The van der Waals surface area contributed by atoms with Crippen LogP contribution in [0.2, 0.25) is 0 Å². The van der Waals surface area contributed by atoms with E-state index in [1.54, 1.807) is 0 Å². The van der Waals surface area contributed by atoms with Crippen molar-refractivity contribution < 1.29 is 18.3 Å². The second-order valence-corrected chi connectivity index (χ2v) is 6.38. The lowest BCUT2D eigenvalue weighted by Crippen LogP contribution is -2.24. The van der Waals surface area contributed by atoms with Crippen molar-refractivity contribution in [2.24, 2.45) is 0 Å². The minimum atomic E-state index is -3.64. The molecule has 2 N–H and O–H groups in total. The van der Waals surface area contributed by atoms with Gasteiger partial charge in [-0.2, -0.15) is 5.26 Å². The zero-order chi connectivity index (χ0) is 13.6. The molecule has 1 heterocycles. The van der Waals surface area contributed by atoms with Crippen LogP contribution in [0.15, 0.2) is 15.7 Å². The van der Waals surface area contributed by atoms with Crippen LogP contribution in [0.1, 0.15) is 29.6 Å². The number of carboxylic acids is 1. The van der Waals surface area contributed by atoms with Gasteiger partial charge in [-0.25, -0.2) is 17.9 Å². The largest absolute Gasteiger partial charge is 0.478 e. The van der Waals surface area contributed by atoms with Crippen molar-refractivity contribution in [1.82, 2.24) is 4.72 Å². The Balaban J connectivity index is 2.58. The molecule has 0 radical (unpaired) electrons. The van der Waals surface area contributed by atoms with Gasteiger partial charge < -0.3 is 5.11 Å². The molecule has 0 saturated heterocycles. The maximum absolute atomic E-state index is 11.7. The lowest BCUT2D eigenvalue weighted by atomic mass is 10.2. The highest BCUT2D eigenvalue weighted by Crippen LogP contribution is 2.19. The molecule has 6 nitrogen and oxygen atoms in total. The Morgan fingerprint density at radius 2 is 2.22 bits per heavy atom. The fourth-order valence-electron chi connectivity index (χ4n) is 1.18. The average molecular weight is 288 g/mol. The number of nitriles is 1. The minimum Gasteiger partial charge on any atom is -0.478 e. The van der Waals surface area contributed by atoms with Crippen LogP contribution in [-0.4, -0.2) is 26.0 Å². The number of rotatable bonds is 7. The summed E-state index contributed by atoms with van der Waals surface area (Å²) in [4.78, 5) is 10.6. The van der Waals surface area contributed by atoms with Crippen LogP contribution in [0, 0.1) is 11.3 Å².